The van der Waals surface area contributed by atoms with E-state index >= 15 is 0 Å². The van der Waals surface area contributed by atoms with Crippen LogP contribution in [0.1, 0.15) is 38.1 Å². The van der Waals surface area contributed by atoms with E-state index in [9.17, 15) is 9.18 Å². The van der Waals surface area contributed by atoms with Gasteiger partial charge in [-0.25, -0.2) is 13.9 Å². The van der Waals surface area contributed by atoms with Crippen LogP contribution in [0.4, 0.5) is 10.3 Å². The number of halogens is 1. The second-order valence-corrected chi connectivity index (χ2v) is 8.16. The molecule has 0 saturated heterocycles. The number of pyridine rings is 1. The summed E-state index contributed by atoms with van der Waals surface area (Å²) in [5.41, 5.74) is 2.07. The molecule has 9 heteroatoms. The quantitative estimate of drug-likeness (QED) is 0.452. The normalized spacial score (nSPS) is 12.1. The fraction of sp³-hybridized carbons (Fsp3) is 0.333. The molecule has 4 rings (SSSR count). The van der Waals surface area contributed by atoms with Crippen molar-refractivity contribution in [1.29, 1.82) is 0 Å². The van der Waals surface area contributed by atoms with Gasteiger partial charge < -0.3 is 15.6 Å². The molecule has 0 spiro atoms. The highest BCUT2D eigenvalue weighted by Crippen LogP contribution is 2.29. The average Bonchev–Trinajstić information content (AvgIpc) is 3.28. The SMILES string of the molecule is CC(C)Nc1ncc2c(-c3ccn4ncc(C(=O)NCC(C)(C)F)c4c3)c[nH]c2n1. The number of nitrogens with zero attached hydrogens (tertiary/aromatic N) is 4. The number of carbonyl (C=O) groups is 1. The van der Waals surface area contributed by atoms with Crippen LogP contribution >= 0.6 is 0 Å². The molecule has 0 fully saturated rings. The molecular weight excluding hydrogens is 385 g/mol. The molecule has 0 aliphatic carbocycles. The molecule has 0 unspecified atom stereocenters. The van der Waals surface area contributed by atoms with Crippen LogP contribution in [-0.4, -0.2) is 48.7 Å². The second kappa shape index (κ2) is 7.40. The summed E-state index contributed by atoms with van der Waals surface area (Å²) in [7, 11) is 0. The average molecular weight is 409 g/mol. The monoisotopic (exact) mass is 409 g/mol. The van der Waals surface area contributed by atoms with Crippen molar-refractivity contribution in [2.45, 2.75) is 39.4 Å². The van der Waals surface area contributed by atoms with Crippen LogP contribution in [0.5, 0.6) is 0 Å². The number of carbonyl (C=O) groups excluding carboxylic acids is 1. The molecule has 0 bridgehead atoms. The van der Waals surface area contributed by atoms with E-state index in [4.69, 9.17) is 0 Å². The summed E-state index contributed by atoms with van der Waals surface area (Å²) in [5, 5.41) is 10.9. The molecule has 156 valence electrons. The van der Waals surface area contributed by atoms with Crippen LogP contribution in [0.25, 0.3) is 27.7 Å². The first-order valence-electron chi connectivity index (χ1n) is 9.77. The summed E-state index contributed by atoms with van der Waals surface area (Å²) in [6.45, 7) is 6.81. The Balaban J connectivity index is 1.69. The van der Waals surface area contributed by atoms with Crippen molar-refractivity contribution >= 4 is 28.4 Å². The van der Waals surface area contributed by atoms with Gasteiger partial charge in [0.05, 0.1) is 23.8 Å². The molecule has 8 nitrogen and oxygen atoms in total. The second-order valence-electron chi connectivity index (χ2n) is 8.16. The predicted octanol–water partition coefficient (Wildman–Crippen LogP) is 3.57. The van der Waals surface area contributed by atoms with Crippen molar-refractivity contribution in [1.82, 2.24) is 29.9 Å². The zero-order valence-electron chi connectivity index (χ0n) is 17.3. The smallest absolute Gasteiger partial charge is 0.255 e. The fourth-order valence-electron chi connectivity index (χ4n) is 3.18. The maximum absolute atomic E-state index is 13.7. The van der Waals surface area contributed by atoms with Crippen LogP contribution in [-0.2, 0) is 0 Å². The Hall–Kier alpha value is -3.49. The molecule has 0 aromatic carbocycles. The number of aromatic nitrogens is 5. The first-order valence-corrected chi connectivity index (χ1v) is 9.77. The van der Waals surface area contributed by atoms with Gasteiger partial charge in [-0.15, -0.1) is 0 Å². The first-order chi connectivity index (χ1) is 14.2. The van der Waals surface area contributed by atoms with E-state index in [-0.39, 0.29) is 18.5 Å². The molecule has 4 heterocycles. The molecule has 4 aromatic rings. The number of H-pyrrole nitrogens is 1. The number of hydrogen-bond donors (Lipinski definition) is 3. The first kappa shape index (κ1) is 19.8. The summed E-state index contributed by atoms with van der Waals surface area (Å²) >= 11 is 0. The molecule has 3 N–H and O–H groups in total. The van der Waals surface area contributed by atoms with Gasteiger partial charge in [-0.05, 0) is 45.4 Å². The highest BCUT2D eigenvalue weighted by Gasteiger charge is 2.20. The van der Waals surface area contributed by atoms with Gasteiger partial charge in [-0.3, -0.25) is 4.79 Å². The van der Waals surface area contributed by atoms with E-state index in [1.807, 2.05) is 32.2 Å². The number of nitrogens with one attached hydrogen (secondary N) is 3. The summed E-state index contributed by atoms with van der Waals surface area (Å²) in [6.07, 6.45) is 6.92. The van der Waals surface area contributed by atoms with Crippen molar-refractivity contribution in [3.05, 3.63) is 42.5 Å². The minimum absolute atomic E-state index is 0.0740. The molecule has 30 heavy (non-hydrogen) atoms. The third-order valence-electron chi connectivity index (χ3n) is 4.60. The van der Waals surface area contributed by atoms with Gasteiger partial charge in [0.1, 0.15) is 11.3 Å². The van der Waals surface area contributed by atoms with E-state index in [1.165, 1.54) is 20.0 Å². The van der Waals surface area contributed by atoms with E-state index in [0.29, 0.717) is 17.0 Å². The fourth-order valence-corrected chi connectivity index (χ4v) is 3.18. The summed E-state index contributed by atoms with van der Waals surface area (Å²) in [5.74, 6) is 0.200. The Morgan fingerprint density at radius 3 is 2.87 bits per heavy atom. The molecule has 0 aliphatic rings. The topological polar surface area (TPSA) is 100 Å². The lowest BCUT2D eigenvalue weighted by Crippen LogP contribution is -2.35. The Labute approximate surface area is 172 Å². The van der Waals surface area contributed by atoms with Crippen molar-refractivity contribution in [2.75, 3.05) is 11.9 Å². The number of anilines is 1. The Morgan fingerprint density at radius 2 is 2.13 bits per heavy atom. The van der Waals surface area contributed by atoms with Crippen molar-refractivity contribution in [3.63, 3.8) is 0 Å². The minimum atomic E-state index is -1.49. The molecule has 1 amide bonds. The highest BCUT2D eigenvalue weighted by molar-refractivity contribution is 6.02. The number of aromatic amines is 1. The maximum Gasteiger partial charge on any atom is 0.255 e. The third kappa shape index (κ3) is 3.96. The Kier molecular flexibility index (Phi) is 4.89. The molecule has 4 aromatic heterocycles. The maximum atomic E-state index is 13.7. The minimum Gasteiger partial charge on any atom is -0.352 e. The zero-order valence-corrected chi connectivity index (χ0v) is 17.3. The van der Waals surface area contributed by atoms with Crippen LogP contribution in [0.2, 0.25) is 0 Å². The lowest BCUT2D eigenvalue weighted by Gasteiger charge is -2.14. The van der Waals surface area contributed by atoms with Gasteiger partial charge in [0.15, 0.2) is 0 Å². The molecule has 0 radical (unpaired) electrons. The Morgan fingerprint density at radius 1 is 1.33 bits per heavy atom. The van der Waals surface area contributed by atoms with Gasteiger partial charge >= 0.3 is 0 Å². The van der Waals surface area contributed by atoms with Crippen LogP contribution in [0, 0.1) is 0 Å². The lowest BCUT2D eigenvalue weighted by molar-refractivity contribution is 0.0922. The van der Waals surface area contributed by atoms with E-state index < -0.39 is 5.67 Å². The number of alkyl halides is 1. The van der Waals surface area contributed by atoms with Gasteiger partial charge in [-0.1, -0.05) is 0 Å². The van der Waals surface area contributed by atoms with Crippen LogP contribution in [0.15, 0.2) is 36.9 Å². The van der Waals surface area contributed by atoms with Crippen molar-refractivity contribution in [2.24, 2.45) is 0 Å². The number of amides is 1. The number of hydrogen-bond acceptors (Lipinski definition) is 5. The van der Waals surface area contributed by atoms with E-state index in [1.54, 1.807) is 16.9 Å². The van der Waals surface area contributed by atoms with Crippen LogP contribution in [0.3, 0.4) is 0 Å². The molecule has 0 saturated carbocycles. The standard InChI is InChI=1S/C21H24FN7O/c1-12(2)27-20-24-9-15-14(8-23-18(15)28-20)13-5-6-29-17(7-13)16(10-26-29)19(30)25-11-21(3,4)22/h5-10,12H,11H2,1-4H3,(H,25,30)(H2,23,24,27,28). The summed E-state index contributed by atoms with van der Waals surface area (Å²) in [4.78, 5) is 24.6. The van der Waals surface area contributed by atoms with Gasteiger partial charge in [0.2, 0.25) is 5.95 Å². The molecule has 0 aliphatic heterocycles. The largest absolute Gasteiger partial charge is 0.352 e. The van der Waals surface area contributed by atoms with Gasteiger partial charge in [0, 0.05) is 35.6 Å². The van der Waals surface area contributed by atoms with Gasteiger partial charge in [-0.2, -0.15) is 10.1 Å². The third-order valence-corrected chi connectivity index (χ3v) is 4.60. The van der Waals surface area contributed by atoms with E-state index in [0.717, 1.165) is 22.2 Å². The number of fused-ring (bicyclic) bond motifs is 2. The Bertz CT molecular complexity index is 1220. The van der Waals surface area contributed by atoms with Crippen molar-refractivity contribution in [3.8, 4) is 11.1 Å². The molecular formula is C21H24FN7O. The summed E-state index contributed by atoms with van der Waals surface area (Å²) < 4.78 is 15.4. The van der Waals surface area contributed by atoms with E-state index in [2.05, 4.69) is 30.7 Å². The van der Waals surface area contributed by atoms with Gasteiger partial charge in [0.25, 0.3) is 5.91 Å². The number of rotatable bonds is 6. The molecule has 0 atom stereocenters. The zero-order chi connectivity index (χ0) is 21.5. The predicted molar refractivity (Wildman–Crippen MR) is 114 cm³/mol. The summed E-state index contributed by atoms with van der Waals surface area (Å²) in [6, 6.07) is 4.02. The van der Waals surface area contributed by atoms with Crippen molar-refractivity contribution < 1.29 is 9.18 Å². The lowest BCUT2D eigenvalue weighted by atomic mass is 10.1. The van der Waals surface area contributed by atoms with Crippen LogP contribution < -0.4 is 10.6 Å². The highest BCUT2D eigenvalue weighted by atomic mass is 19.1.